The minimum atomic E-state index is -3.82. The Bertz CT molecular complexity index is 1290. The van der Waals surface area contributed by atoms with Gasteiger partial charge in [-0.2, -0.15) is 0 Å². The lowest BCUT2D eigenvalue weighted by Crippen LogP contribution is -2.40. The lowest BCUT2D eigenvalue weighted by atomic mass is 9.86. The molecule has 3 aromatic rings. The van der Waals surface area contributed by atoms with Crippen LogP contribution in [-0.4, -0.2) is 41.2 Å². The summed E-state index contributed by atoms with van der Waals surface area (Å²) in [6.45, 7) is 5.45. The summed E-state index contributed by atoms with van der Waals surface area (Å²) in [6.07, 6.45) is 7.36. The smallest absolute Gasteiger partial charge is 0.404 e. The van der Waals surface area contributed by atoms with Crippen molar-refractivity contribution >= 4 is 27.5 Å². The number of hydrogen-bond donors (Lipinski definition) is 3. The number of nitrogens with zero attached hydrogens (tertiary/aromatic N) is 2. The molecule has 1 fully saturated rings. The number of hydrogen-bond acceptors (Lipinski definition) is 6. The molecule has 0 radical (unpaired) electrons. The maximum atomic E-state index is 13.5. The molecule has 0 aliphatic heterocycles. The Balaban J connectivity index is 1.67. The first-order chi connectivity index (χ1) is 16.5. The van der Waals surface area contributed by atoms with Crippen molar-refractivity contribution < 1.29 is 18.3 Å². The molecule has 2 heterocycles. The van der Waals surface area contributed by atoms with Gasteiger partial charge in [-0.1, -0.05) is 18.2 Å². The van der Waals surface area contributed by atoms with Gasteiger partial charge in [0.2, 0.25) is 10.0 Å². The van der Waals surface area contributed by atoms with E-state index in [0.29, 0.717) is 5.56 Å². The van der Waals surface area contributed by atoms with Crippen molar-refractivity contribution in [2.45, 2.75) is 68.8 Å². The van der Waals surface area contributed by atoms with Gasteiger partial charge in [0.25, 0.3) is 0 Å². The van der Waals surface area contributed by atoms with Gasteiger partial charge in [0.05, 0.1) is 14.8 Å². The molecular weight excluding hydrogens is 484 g/mol. The number of sulfonamides is 1. The van der Waals surface area contributed by atoms with E-state index in [1.54, 1.807) is 24.7 Å². The molecule has 0 spiro atoms. The number of amides is 1. The Labute approximate surface area is 209 Å². The van der Waals surface area contributed by atoms with E-state index in [4.69, 9.17) is 5.11 Å². The van der Waals surface area contributed by atoms with E-state index in [0.717, 1.165) is 46.7 Å². The van der Waals surface area contributed by atoms with Crippen LogP contribution < -0.4 is 10.0 Å². The van der Waals surface area contributed by atoms with Gasteiger partial charge in [0.15, 0.2) is 0 Å². The lowest BCUT2D eigenvalue weighted by Gasteiger charge is -2.27. The fourth-order valence-electron chi connectivity index (χ4n) is 4.38. The third-order valence-electron chi connectivity index (χ3n) is 5.90. The van der Waals surface area contributed by atoms with E-state index in [1.807, 2.05) is 45.0 Å². The molecule has 35 heavy (non-hydrogen) atoms. The monoisotopic (exact) mass is 514 g/mol. The van der Waals surface area contributed by atoms with Crippen molar-refractivity contribution in [2.24, 2.45) is 0 Å². The molecule has 3 N–H and O–H groups in total. The molecule has 8 nitrogen and oxygen atoms in total. The molecule has 1 saturated carbocycles. The topological polar surface area (TPSA) is 121 Å². The number of carboxylic acid groups (broad SMARTS) is 1. The lowest BCUT2D eigenvalue weighted by molar-refractivity contribution is 0.185. The Hall–Kier alpha value is -2.82. The van der Waals surface area contributed by atoms with E-state index < -0.39 is 21.7 Å². The molecule has 1 amide bonds. The van der Waals surface area contributed by atoms with Gasteiger partial charge >= 0.3 is 6.09 Å². The molecule has 0 unspecified atom stereocenters. The molecule has 1 aliphatic rings. The van der Waals surface area contributed by atoms with E-state index in [-0.39, 0.29) is 16.9 Å². The summed E-state index contributed by atoms with van der Waals surface area (Å²) in [5.74, 6) is 0.239. The first-order valence-electron chi connectivity index (χ1n) is 11.6. The van der Waals surface area contributed by atoms with Crippen LogP contribution in [0.25, 0.3) is 21.6 Å². The number of aromatic nitrogens is 2. The van der Waals surface area contributed by atoms with Crippen LogP contribution in [0, 0.1) is 0 Å². The predicted molar refractivity (Wildman–Crippen MR) is 137 cm³/mol. The van der Waals surface area contributed by atoms with E-state index >= 15 is 0 Å². The number of thiazole rings is 1. The second-order valence-electron chi connectivity index (χ2n) is 9.87. The SMILES string of the molecule is CC(C)(C)NS(=O)(=O)c1cc(-c2cccnc2)ccc1-c1cnc(C2CCC(NC(=O)O)CC2)s1. The van der Waals surface area contributed by atoms with Gasteiger partial charge in [0.1, 0.15) is 0 Å². The number of benzene rings is 1. The van der Waals surface area contributed by atoms with Crippen LogP contribution in [0.1, 0.15) is 57.4 Å². The minimum Gasteiger partial charge on any atom is -0.465 e. The Morgan fingerprint density at radius 1 is 1.09 bits per heavy atom. The van der Waals surface area contributed by atoms with E-state index in [1.165, 1.54) is 11.3 Å². The van der Waals surface area contributed by atoms with Crippen molar-refractivity contribution in [1.82, 2.24) is 20.0 Å². The molecule has 1 aliphatic carbocycles. The maximum Gasteiger partial charge on any atom is 0.404 e. The summed E-state index contributed by atoms with van der Waals surface area (Å²) in [5.41, 5.74) is 1.58. The standard InChI is InChI=1S/C25H30N4O4S2/c1-25(2,3)29-35(32,33)22-13-17(18-5-4-12-26-14-18)8-11-20(22)21-15-27-23(34-21)16-6-9-19(10-7-16)28-24(30)31/h4-5,8,11-16,19,28-29H,6-7,9-10H2,1-3H3,(H,30,31). The Kier molecular flexibility index (Phi) is 7.25. The summed E-state index contributed by atoms with van der Waals surface area (Å²) in [6, 6.07) is 9.14. The molecule has 4 rings (SSSR count). The zero-order chi connectivity index (χ0) is 25.2. The normalized spacial score (nSPS) is 18.8. The highest BCUT2D eigenvalue weighted by Gasteiger charge is 2.28. The third-order valence-corrected chi connectivity index (χ3v) is 8.89. The average Bonchev–Trinajstić information content (AvgIpc) is 3.28. The summed E-state index contributed by atoms with van der Waals surface area (Å²) >= 11 is 1.51. The van der Waals surface area contributed by atoms with Crippen LogP contribution in [0.4, 0.5) is 4.79 Å². The summed E-state index contributed by atoms with van der Waals surface area (Å²) in [7, 11) is -3.82. The molecular formula is C25H30N4O4S2. The number of pyridine rings is 1. The fourth-order valence-corrected chi connectivity index (χ4v) is 7.24. The summed E-state index contributed by atoms with van der Waals surface area (Å²) < 4.78 is 29.7. The largest absolute Gasteiger partial charge is 0.465 e. The first-order valence-corrected chi connectivity index (χ1v) is 13.9. The Morgan fingerprint density at radius 3 is 2.46 bits per heavy atom. The van der Waals surface area contributed by atoms with Crippen LogP contribution >= 0.6 is 11.3 Å². The molecule has 1 aromatic carbocycles. The maximum absolute atomic E-state index is 13.5. The molecule has 0 bridgehead atoms. The highest BCUT2D eigenvalue weighted by molar-refractivity contribution is 7.89. The highest BCUT2D eigenvalue weighted by Crippen LogP contribution is 2.40. The van der Waals surface area contributed by atoms with Crippen molar-refractivity contribution in [3.05, 3.63) is 53.9 Å². The average molecular weight is 515 g/mol. The third kappa shape index (κ3) is 6.25. The quantitative estimate of drug-likeness (QED) is 0.413. The van der Waals surface area contributed by atoms with Gasteiger partial charge in [-0.15, -0.1) is 11.3 Å². The summed E-state index contributed by atoms with van der Waals surface area (Å²) in [4.78, 5) is 20.7. The van der Waals surface area contributed by atoms with Crippen LogP contribution in [0.2, 0.25) is 0 Å². The minimum absolute atomic E-state index is 0.0246. The van der Waals surface area contributed by atoms with Gasteiger partial charge in [-0.25, -0.2) is 22.9 Å². The predicted octanol–water partition coefficient (Wildman–Crippen LogP) is 5.24. The van der Waals surface area contributed by atoms with Crippen LogP contribution in [0.15, 0.2) is 53.8 Å². The van der Waals surface area contributed by atoms with Crippen molar-refractivity contribution in [2.75, 3.05) is 0 Å². The number of rotatable bonds is 6. The van der Waals surface area contributed by atoms with Crippen molar-refractivity contribution in [3.63, 3.8) is 0 Å². The van der Waals surface area contributed by atoms with Crippen LogP contribution in [-0.2, 0) is 10.0 Å². The van der Waals surface area contributed by atoms with Crippen LogP contribution in [0.5, 0.6) is 0 Å². The number of carbonyl (C=O) groups is 1. The van der Waals surface area contributed by atoms with Gasteiger partial charge in [-0.05, 0) is 64.2 Å². The molecule has 0 saturated heterocycles. The number of nitrogens with one attached hydrogen (secondary N) is 2. The molecule has 186 valence electrons. The first kappa shape index (κ1) is 25.3. The molecule has 2 aromatic heterocycles. The molecule has 0 atom stereocenters. The molecule has 10 heteroatoms. The van der Waals surface area contributed by atoms with Crippen molar-refractivity contribution in [1.29, 1.82) is 0 Å². The zero-order valence-corrected chi connectivity index (χ0v) is 21.6. The van der Waals surface area contributed by atoms with Gasteiger partial charge in [0, 0.05) is 47.2 Å². The second kappa shape index (κ2) is 10.0. The highest BCUT2D eigenvalue weighted by atomic mass is 32.2. The van der Waals surface area contributed by atoms with E-state index in [9.17, 15) is 13.2 Å². The van der Waals surface area contributed by atoms with E-state index in [2.05, 4.69) is 20.0 Å². The zero-order valence-electron chi connectivity index (χ0n) is 20.0. The van der Waals surface area contributed by atoms with Crippen LogP contribution in [0.3, 0.4) is 0 Å². The van der Waals surface area contributed by atoms with Gasteiger partial charge in [-0.3, -0.25) is 4.98 Å². The van der Waals surface area contributed by atoms with Gasteiger partial charge < -0.3 is 10.4 Å². The second-order valence-corrected chi connectivity index (χ2v) is 12.6. The fraction of sp³-hybridized carbons (Fsp3) is 0.400. The Morgan fingerprint density at radius 2 is 1.83 bits per heavy atom. The van der Waals surface area contributed by atoms with Crippen molar-refractivity contribution in [3.8, 4) is 21.6 Å². The summed E-state index contributed by atoms with van der Waals surface area (Å²) in [5, 5.41) is 12.5.